The summed E-state index contributed by atoms with van der Waals surface area (Å²) in [7, 11) is 1.68. The van der Waals surface area contributed by atoms with Crippen LogP contribution in [0, 0.1) is 25.2 Å². The highest BCUT2D eigenvalue weighted by Gasteiger charge is 2.22. The van der Waals surface area contributed by atoms with Crippen LogP contribution < -0.4 is 9.64 Å². The highest BCUT2D eigenvalue weighted by Crippen LogP contribution is 2.20. The van der Waals surface area contributed by atoms with Crippen molar-refractivity contribution in [1.82, 2.24) is 9.80 Å². The number of aryl methyl sites for hydroxylation is 2. The van der Waals surface area contributed by atoms with E-state index in [0.717, 1.165) is 56.1 Å². The molecule has 0 spiro atoms. The van der Waals surface area contributed by atoms with Gasteiger partial charge in [0.1, 0.15) is 5.75 Å². The number of benzene rings is 2. The highest BCUT2D eigenvalue weighted by atomic mass is 16.5. The van der Waals surface area contributed by atoms with E-state index < -0.39 is 0 Å². The van der Waals surface area contributed by atoms with Gasteiger partial charge in [0, 0.05) is 45.0 Å². The Labute approximate surface area is 192 Å². The molecular formula is C26H34N4O2. The van der Waals surface area contributed by atoms with Gasteiger partial charge >= 0.3 is 0 Å². The third kappa shape index (κ3) is 6.56. The van der Waals surface area contributed by atoms with E-state index in [9.17, 15) is 4.79 Å². The minimum atomic E-state index is 0.0650. The lowest BCUT2D eigenvalue weighted by molar-refractivity contribution is -0.120. The van der Waals surface area contributed by atoms with Gasteiger partial charge in [-0.2, -0.15) is 5.26 Å². The molecule has 0 unspecified atom stereocenters. The number of hydrogen-bond donors (Lipinski definition) is 0. The summed E-state index contributed by atoms with van der Waals surface area (Å²) in [5.74, 6) is 0.951. The van der Waals surface area contributed by atoms with Gasteiger partial charge in [0.2, 0.25) is 5.91 Å². The molecule has 1 amide bonds. The van der Waals surface area contributed by atoms with Crippen LogP contribution in [0.3, 0.4) is 0 Å². The van der Waals surface area contributed by atoms with Crippen molar-refractivity contribution in [2.75, 3.05) is 57.8 Å². The highest BCUT2D eigenvalue weighted by molar-refractivity contribution is 5.95. The van der Waals surface area contributed by atoms with E-state index in [4.69, 9.17) is 10.00 Å². The van der Waals surface area contributed by atoms with Crippen LogP contribution in [0.5, 0.6) is 5.75 Å². The van der Waals surface area contributed by atoms with Crippen molar-refractivity contribution in [2.45, 2.75) is 26.7 Å². The van der Waals surface area contributed by atoms with Crippen LogP contribution in [0.15, 0.2) is 42.5 Å². The molecule has 0 bridgehead atoms. The number of amides is 1. The van der Waals surface area contributed by atoms with Crippen LogP contribution in [0.1, 0.15) is 23.1 Å². The van der Waals surface area contributed by atoms with Crippen LogP contribution in [-0.2, 0) is 11.2 Å². The van der Waals surface area contributed by atoms with Gasteiger partial charge in [-0.1, -0.05) is 18.2 Å². The second-order valence-corrected chi connectivity index (χ2v) is 8.44. The van der Waals surface area contributed by atoms with Gasteiger partial charge in [-0.3, -0.25) is 9.69 Å². The number of carbonyl (C=O) groups is 1. The predicted molar refractivity (Wildman–Crippen MR) is 128 cm³/mol. The van der Waals surface area contributed by atoms with Gasteiger partial charge in [0.25, 0.3) is 0 Å². The van der Waals surface area contributed by atoms with E-state index in [1.807, 2.05) is 30.3 Å². The van der Waals surface area contributed by atoms with Crippen molar-refractivity contribution >= 4 is 11.6 Å². The summed E-state index contributed by atoms with van der Waals surface area (Å²) in [6.45, 7) is 9.65. The molecule has 3 rings (SSSR count). The third-order valence-corrected chi connectivity index (χ3v) is 6.25. The number of rotatable bonds is 9. The molecular weight excluding hydrogens is 400 g/mol. The maximum absolute atomic E-state index is 13.1. The van der Waals surface area contributed by atoms with Gasteiger partial charge in [-0.25, -0.2) is 0 Å². The zero-order valence-electron chi connectivity index (χ0n) is 19.5. The molecule has 1 fully saturated rings. The lowest BCUT2D eigenvalue weighted by Crippen LogP contribution is -2.50. The first-order valence-corrected chi connectivity index (χ1v) is 11.3. The Bertz CT molecular complexity index is 928. The van der Waals surface area contributed by atoms with E-state index in [1.165, 1.54) is 11.1 Å². The van der Waals surface area contributed by atoms with Gasteiger partial charge in [-0.15, -0.1) is 0 Å². The number of carbonyl (C=O) groups excluding carboxylic acids is 1. The van der Waals surface area contributed by atoms with Crippen molar-refractivity contribution in [2.24, 2.45) is 0 Å². The predicted octanol–water partition coefficient (Wildman–Crippen LogP) is 3.42. The second kappa shape index (κ2) is 11.7. The van der Waals surface area contributed by atoms with Gasteiger partial charge in [-0.05, 0) is 61.2 Å². The molecule has 1 saturated heterocycles. The van der Waals surface area contributed by atoms with E-state index in [2.05, 4.69) is 41.8 Å². The summed E-state index contributed by atoms with van der Waals surface area (Å²) < 4.78 is 5.22. The van der Waals surface area contributed by atoms with Gasteiger partial charge in [0.15, 0.2) is 0 Å². The van der Waals surface area contributed by atoms with Crippen LogP contribution >= 0.6 is 0 Å². The molecule has 6 nitrogen and oxygen atoms in total. The average molecular weight is 435 g/mol. The third-order valence-electron chi connectivity index (χ3n) is 6.25. The summed E-state index contributed by atoms with van der Waals surface area (Å²) in [5, 5.41) is 9.04. The summed E-state index contributed by atoms with van der Waals surface area (Å²) >= 11 is 0. The Morgan fingerprint density at radius 2 is 1.72 bits per heavy atom. The summed E-state index contributed by atoms with van der Waals surface area (Å²) in [4.78, 5) is 19.6. The Balaban J connectivity index is 1.50. The first-order chi connectivity index (χ1) is 15.5. The number of nitrogens with zero attached hydrogens (tertiary/aromatic N) is 4. The minimum Gasteiger partial charge on any atom is -0.497 e. The van der Waals surface area contributed by atoms with Gasteiger partial charge < -0.3 is 14.5 Å². The topological polar surface area (TPSA) is 59.8 Å². The second-order valence-electron chi connectivity index (χ2n) is 8.44. The van der Waals surface area contributed by atoms with E-state index in [-0.39, 0.29) is 5.91 Å². The van der Waals surface area contributed by atoms with Crippen LogP contribution in [0.25, 0.3) is 0 Å². The van der Waals surface area contributed by atoms with E-state index >= 15 is 0 Å². The SMILES string of the molecule is COc1ccc(CCN2CCN(CC(=O)N(CCC#N)c3ccc(C)c(C)c3)CC2)cc1. The van der Waals surface area contributed by atoms with Crippen molar-refractivity contribution in [3.63, 3.8) is 0 Å². The Kier molecular flexibility index (Phi) is 8.66. The normalized spacial score (nSPS) is 14.7. The van der Waals surface area contributed by atoms with Crippen molar-refractivity contribution < 1.29 is 9.53 Å². The summed E-state index contributed by atoms with van der Waals surface area (Å²) in [6, 6.07) is 16.5. The molecule has 0 atom stereocenters. The molecule has 1 heterocycles. The van der Waals surface area contributed by atoms with E-state index in [1.54, 1.807) is 12.0 Å². The molecule has 0 aromatic heterocycles. The smallest absolute Gasteiger partial charge is 0.241 e. The Hall–Kier alpha value is -2.88. The quantitative estimate of drug-likeness (QED) is 0.605. The average Bonchev–Trinajstić information content (AvgIpc) is 2.81. The van der Waals surface area contributed by atoms with E-state index in [0.29, 0.717) is 19.5 Å². The number of methoxy groups -OCH3 is 1. The summed E-state index contributed by atoms with van der Waals surface area (Å²) in [5.41, 5.74) is 4.55. The first-order valence-electron chi connectivity index (χ1n) is 11.3. The number of hydrogen-bond acceptors (Lipinski definition) is 5. The van der Waals surface area contributed by atoms with Crippen LogP contribution in [-0.4, -0.2) is 68.6 Å². The number of anilines is 1. The molecule has 0 radical (unpaired) electrons. The summed E-state index contributed by atoms with van der Waals surface area (Å²) in [6.07, 6.45) is 1.34. The standard InChI is InChI=1S/C26H34N4O2/c1-21-5-8-24(19-22(21)2)30(13-4-12-27)26(31)20-29-17-15-28(16-18-29)14-11-23-6-9-25(32-3)10-7-23/h5-10,19H,4,11,13-18,20H2,1-3H3. The molecule has 0 aliphatic carbocycles. The van der Waals surface area contributed by atoms with Crippen molar-refractivity contribution in [1.29, 1.82) is 5.26 Å². The molecule has 6 heteroatoms. The molecule has 2 aromatic rings. The number of piperazine rings is 1. The van der Waals surface area contributed by atoms with Crippen LogP contribution in [0.2, 0.25) is 0 Å². The maximum atomic E-state index is 13.1. The van der Waals surface area contributed by atoms with Crippen molar-refractivity contribution in [3.8, 4) is 11.8 Å². The molecule has 1 aliphatic heterocycles. The first kappa shape index (κ1) is 23.8. The fourth-order valence-corrected chi connectivity index (χ4v) is 3.98. The zero-order valence-corrected chi connectivity index (χ0v) is 19.5. The maximum Gasteiger partial charge on any atom is 0.241 e. The van der Waals surface area contributed by atoms with Gasteiger partial charge in [0.05, 0.1) is 26.1 Å². The van der Waals surface area contributed by atoms with Crippen LogP contribution in [0.4, 0.5) is 5.69 Å². The fraction of sp³-hybridized carbons (Fsp3) is 0.462. The molecule has 170 valence electrons. The minimum absolute atomic E-state index is 0.0650. The molecule has 2 aromatic carbocycles. The molecule has 0 N–H and O–H groups in total. The van der Waals surface area contributed by atoms with Crippen molar-refractivity contribution in [3.05, 3.63) is 59.2 Å². The Morgan fingerprint density at radius 1 is 1.03 bits per heavy atom. The molecule has 1 aliphatic rings. The molecule has 32 heavy (non-hydrogen) atoms. The zero-order chi connectivity index (χ0) is 22.9. The largest absolute Gasteiger partial charge is 0.497 e. The molecule has 0 saturated carbocycles. The number of ether oxygens (including phenoxy) is 1. The monoisotopic (exact) mass is 434 g/mol. The lowest BCUT2D eigenvalue weighted by atomic mass is 10.1. The number of nitriles is 1. The lowest BCUT2D eigenvalue weighted by Gasteiger charge is -2.35. The Morgan fingerprint density at radius 3 is 2.34 bits per heavy atom. The fourth-order valence-electron chi connectivity index (χ4n) is 3.98.